The van der Waals surface area contributed by atoms with Crippen LogP contribution in [0.2, 0.25) is 58.9 Å². The zero-order chi connectivity index (χ0) is 30.4. The number of para-hydroxylation sites is 1. The molecule has 0 aliphatic heterocycles. The normalized spacial score (nSPS) is 14.7. The fourth-order valence-electron chi connectivity index (χ4n) is 3.70. The largest absolute Gasteiger partial charge is 0.658 e. The van der Waals surface area contributed by atoms with Gasteiger partial charge in [0.2, 0.25) is 0 Å². The SMILES string of the molecule is [CH2-][Si](C)(C)C.[CH2-][Si](C)(C)C.[CH2-][Si](C)(C)C.[Hf].c1ccc(C[N-]C([N-]C2CCCCC2)n2ccc3ccccc32)cc1. The Morgan fingerprint density at radius 2 is 1.17 bits per heavy atom. The fourth-order valence-corrected chi connectivity index (χ4v) is 3.70. The van der Waals surface area contributed by atoms with Crippen LogP contribution in [0, 0.1) is 19.6 Å². The van der Waals surface area contributed by atoms with Gasteiger partial charge in [0.15, 0.2) is 0 Å². The van der Waals surface area contributed by atoms with E-state index in [0.717, 1.165) is 0 Å². The molecule has 1 aromatic heterocycles. The van der Waals surface area contributed by atoms with E-state index in [1.54, 1.807) is 0 Å². The molecule has 7 heteroatoms. The number of nitrogens with zero attached hydrogens (tertiary/aromatic N) is 3. The number of benzene rings is 2. The van der Waals surface area contributed by atoms with E-state index in [4.69, 9.17) is 10.6 Å². The van der Waals surface area contributed by atoms with E-state index < -0.39 is 24.2 Å². The Kier molecular flexibility index (Phi) is 19.4. The molecule has 0 saturated heterocycles. The summed E-state index contributed by atoms with van der Waals surface area (Å²) < 4.78 is 2.23. The zero-order valence-corrected chi connectivity index (χ0v) is 34.3. The second-order valence-corrected chi connectivity index (χ2v) is 29.9. The summed E-state index contributed by atoms with van der Waals surface area (Å²) in [5.74, 6) is 0. The van der Waals surface area contributed by atoms with E-state index in [2.05, 4.69) is 144 Å². The Hall–Kier alpha value is -0.579. The first-order valence-electron chi connectivity index (χ1n) is 14.9. The molecule has 0 spiro atoms. The Morgan fingerprint density at radius 1 is 0.707 bits per heavy atom. The minimum Gasteiger partial charge on any atom is -0.658 e. The van der Waals surface area contributed by atoms with Crippen molar-refractivity contribution in [3.05, 3.63) is 103 Å². The average molecular weight is 772 g/mol. The number of hydrogen-bond donors (Lipinski definition) is 0. The molecule has 1 unspecified atom stereocenters. The number of fused-ring (bicyclic) bond motifs is 1. The van der Waals surface area contributed by atoms with Gasteiger partial charge in [0, 0.05) is 37.6 Å². The van der Waals surface area contributed by atoms with Gasteiger partial charge in [0.05, 0.1) is 0 Å². The number of aromatic nitrogens is 1. The second kappa shape index (κ2) is 19.6. The first-order chi connectivity index (χ1) is 18.4. The molecule has 1 atom stereocenters. The van der Waals surface area contributed by atoms with Gasteiger partial charge in [-0.25, -0.2) is 0 Å². The molecular formula is C34H58HfN3Si3-5. The Bertz CT molecular complexity index is 1010. The van der Waals surface area contributed by atoms with Gasteiger partial charge < -0.3 is 34.8 Å². The monoisotopic (exact) mass is 772 g/mol. The van der Waals surface area contributed by atoms with Crippen LogP contribution >= 0.6 is 0 Å². The topological polar surface area (TPSA) is 33.1 Å². The third-order valence-corrected chi connectivity index (χ3v) is 5.08. The molecule has 0 bridgehead atoms. The summed E-state index contributed by atoms with van der Waals surface area (Å²) in [6.45, 7) is 32.4. The predicted octanol–water partition coefficient (Wildman–Crippen LogP) is 11.5. The summed E-state index contributed by atoms with van der Waals surface area (Å²) in [6.07, 6.45) is 8.36. The Balaban J connectivity index is 0.000000833. The number of rotatable bonds is 6. The van der Waals surface area contributed by atoms with Crippen LogP contribution in [0.4, 0.5) is 0 Å². The van der Waals surface area contributed by atoms with Gasteiger partial charge in [-0.3, -0.25) is 0 Å². The van der Waals surface area contributed by atoms with Crippen LogP contribution < -0.4 is 0 Å². The van der Waals surface area contributed by atoms with Crippen molar-refractivity contribution in [3.63, 3.8) is 0 Å². The van der Waals surface area contributed by atoms with Gasteiger partial charge in [-0.15, -0.1) is 36.8 Å². The Labute approximate surface area is 276 Å². The van der Waals surface area contributed by atoms with E-state index in [-0.39, 0.29) is 32.1 Å². The number of hydrogen-bond acceptors (Lipinski definition) is 0. The maximum absolute atomic E-state index is 5.14. The fraction of sp³-hybridized carbons (Fsp3) is 0.500. The molecule has 0 radical (unpaired) electrons. The van der Waals surface area contributed by atoms with Crippen molar-refractivity contribution in [2.75, 3.05) is 0 Å². The van der Waals surface area contributed by atoms with Gasteiger partial charge in [-0.2, -0.15) is 6.29 Å². The van der Waals surface area contributed by atoms with Crippen LogP contribution in [0.1, 0.15) is 44.0 Å². The zero-order valence-electron chi connectivity index (χ0n) is 27.7. The van der Waals surface area contributed by atoms with Gasteiger partial charge in [-0.1, -0.05) is 145 Å². The molecule has 41 heavy (non-hydrogen) atoms. The minimum absolute atomic E-state index is 0. The second-order valence-electron chi connectivity index (χ2n) is 14.6. The van der Waals surface area contributed by atoms with Crippen molar-refractivity contribution in [3.8, 4) is 0 Å². The first-order valence-corrected chi connectivity index (χ1v) is 26.0. The van der Waals surface area contributed by atoms with E-state index in [0.29, 0.717) is 12.6 Å². The average Bonchev–Trinajstić information content (AvgIpc) is 3.24. The summed E-state index contributed by atoms with van der Waals surface area (Å²) in [6, 6.07) is 21.6. The van der Waals surface area contributed by atoms with Crippen molar-refractivity contribution in [1.82, 2.24) is 4.57 Å². The van der Waals surface area contributed by atoms with Crippen LogP contribution in [0.3, 0.4) is 0 Å². The smallest absolute Gasteiger partial charge is 0.0450 e. The summed E-state index contributed by atoms with van der Waals surface area (Å²) in [7, 11) is -2.58. The van der Waals surface area contributed by atoms with Crippen LogP contribution in [-0.4, -0.2) is 34.8 Å². The van der Waals surface area contributed by atoms with Crippen molar-refractivity contribution in [2.45, 2.75) is 110 Å². The molecule has 230 valence electrons. The molecule has 4 rings (SSSR count). The van der Waals surface area contributed by atoms with E-state index in [1.165, 1.54) is 48.6 Å². The van der Waals surface area contributed by atoms with E-state index in [9.17, 15) is 0 Å². The summed E-state index contributed by atoms with van der Waals surface area (Å²) in [5, 5.41) is 11.4. The van der Waals surface area contributed by atoms with Crippen LogP contribution in [-0.2, 0) is 32.4 Å². The molecule has 2 aromatic carbocycles. The molecule has 0 N–H and O–H groups in total. The Morgan fingerprint density at radius 3 is 1.68 bits per heavy atom. The molecule has 1 fully saturated rings. The molecule has 1 saturated carbocycles. The maximum Gasteiger partial charge on any atom is 0.0450 e. The van der Waals surface area contributed by atoms with Gasteiger partial charge in [-0.05, 0) is 17.5 Å². The van der Waals surface area contributed by atoms with Crippen molar-refractivity contribution in [1.29, 1.82) is 0 Å². The van der Waals surface area contributed by atoms with Gasteiger partial charge in [0.25, 0.3) is 0 Å². The standard InChI is InChI=1S/C22H25N3.3C4H11Si.Hf/c1-3-9-18(10-4-1)17-23-22(24-20-12-5-2-6-13-20)25-16-15-19-11-7-8-14-21(19)25;3*1-5(2,3)4;/h1,3-4,7-11,14-16,20,22H,2,5-6,12-13,17H2;3*1H2,2-4H3;/q-2;3*-1;. The first kappa shape index (κ1) is 40.4. The predicted molar refractivity (Wildman–Crippen MR) is 191 cm³/mol. The summed E-state index contributed by atoms with van der Waals surface area (Å²) >= 11 is 0. The molecule has 1 aliphatic carbocycles. The summed E-state index contributed by atoms with van der Waals surface area (Å²) in [5.41, 5.74) is 2.45. The quantitative estimate of drug-likeness (QED) is 0.177. The van der Waals surface area contributed by atoms with Crippen molar-refractivity contribution < 1.29 is 25.8 Å². The van der Waals surface area contributed by atoms with Gasteiger partial charge >= 0.3 is 0 Å². The molecular weight excluding hydrogens is 713 g/mol. The van der Waals surface area contributed by atoms with E-state index >= 15 is 0 Å². The van der Waals surface area contributed by atoms with E-state index in [1.807, 2.05) is 6.07 Å². The molecule has 3 aromatic rings. The maximum atomic E-state index is 5.14. The van der Waals surface area contributed by atoms with Crippen LogP contribution in [0.15, 0.2) is 66.9 Å². The molecule has 1 aliphatic rings. The van der Waals surface area contributed by atoms with Crippen LogP contribution in [0.5, 0.6) is 0 Å². The van der Waals surface area contributed by atoms with Gasteiger partial charge in [0.1, 0.15) is 0 Å². The molecule has 0 amide bonds. The third kappa shape index (κ3) is 23.5. The molecule has 1 heterocycles. The van der Waals surface area contributed by atoms with Crippen molar-refractivity contribution in [2.24, 2.45) is 0 Å². The van der Waals surface area contributed by atoms with Crippen LogP contribution in [0.25, 0.3) is 21.5 Å². The molecule has 3 nitrogen and oxygen atoms in total. The third-order valence-electron chi connectivity index (χ3n) is 5.08. The summed E-state index contributed by atoms with van der Waals surface area (Å²) in [4.78, 5) is 0. The van der Waals surface area contributed by atoms with Crippen molar-refractivity contribution >= 4 is 35.1 Å². The minimum atomic E-state index is -0.861.